The number of anilines is 1. The van der Waals surface area contributed by atoms with Gasteiger partial charge < -0.3 is 10.2 Å². The van der Waals surface area contributed by atoms with Crippen LogP contribution in [0.15, 0.2) is 46.9 Å². The Kier molecular flexibility index (Phi) is 10.1. The number of rotatable bonds is 11. The number of benzene rings is 2. The molecular weight excluding hydrogens is 518 g/mol. The first-order chi connectivity index (χ1) is 15.9. The van der Waals surface area contributed by atoms with Crippen LogP contribution in [0.2, 0.25) is 0 Å². The molecule has 0 radical (unpaired) electrons. The van der Waals surface area contributed by atoms with Crippen molar-refractivity contribution in [2.75, 3.05) is 23.7 Å². The topological polar surface area (TPSA) is 86.8 Å². The Labute approximate surface area is 211 Å². The number of carbonyl (C=O) groups excluding carboxylic acids is 2. The highest BCUT2D eigenvalue weighted by Crippen LogP contribution is 2.25. The van der Waals surface area contributed by atoms with E-state index >= 15 is 0 Å². The van der Waals surface area contributed by atoms with Crippen molar-refractivity contribution >= 4 is 43.5 Å². The summed E-state index contributed by atoms with van der Waals surface area (Å²) in [6, 6.07) is 12.6. The second kappa shape index (κ2) is 12.4. The normalized spacial score (nSPS) is 12.2. The van der Waals surface area contributed by atoms with Crippen LogP contribution in [0.3, 0.4) is 0 Å². The molecule has 0 aliphatic carbocycles. The first-order valence-electron chi connectivity index (χ1n) is 11.3. The zero-order valence-electron chi connectivity index (χ0n) is 20.5. The van der Waals surface area contributed by atoms with Crippen LogP contribution in [0.25, 0.3) is 0 Å². The van der Waals surface area contributed by atoms with E-state index < -0.39 is 16.1 Å². The number of carbonyl (C=O) groups is 2. The number of nitrogens with one attached hydrogen (secondary N) is 1. The molecule has 0 fully saturated rings. The van der Waals surface area contributed by atoms with Gasteiger partial charge >= 0.3 is 0 Å². The summed E-state index contributed by atoms with van der Waals surface area (Å²) < 4.78 is 27.3. The molecule has 1 atom stereocenters. The third-order valence-electron chi connectivity index (χ3n) is 5.55. The van der Waals surface area contributed by atoms with Gasteiger partial charge in [-0.05, 0) is 69.0 Å². The summed E-state index contributed by atoms with van der Waals surface area (Å²) in [6.45, 7) is 8.25. The van der Waals surface area contributed by atoms with Crippen molar-refractivity contribution in [3.63, 3.8) is 0 Å². The predicted octanol–water partition coefficient (Wildman–Crippen LogP) is 4.17. The molecule has 1 N–H and O–H groups in total. The van der Waals surface area contributed by atoms with Crippen LogP contribution in [-0.4, -0.2) is 50.5 Å². The molecule has 2 aromatic carbocycles. The monoisotopic (exact) mass is 551 g/mol. The first-order valence-corrected chi connectivity index (χ1v) is 13.9. The molecule has 0 aliphatic rings. The Morgan fingerprint density at radius 2 is 1.82 bits per heavy atom. The molecule has 7 nitrogen and oxygen atoms in total. The number of nitrogens with zero attached hydrogens (tertiary/aromatic N) is 2. The van der Waals surface area contributed by atoms with Crippen LogP contribution in [-0.2, 0) is 26.2 Å². The van der Waals surface area contributed by atoms with Gasteiger partial charge in [-0.3, -0.25) is 13.9 Å². The lowest BCUT2D eigenvalue weighted by atomic mass is 10.1. The Morgan fingerprint density at radius 1 is 1.12 bits per heavy atom. The summed E-state index contributed by atoms with van der Waals surface area (Å²) in [6.07, 6.45) is 1.62. The Hall–Kier alpha value is -2.39. The Bertz CT molecular complexity index is 1120. The molecule has 186 valence electrons. The fourth-order valence-electron chi connectivity index (χ4n) is 3.71. The van der Waals surface area contributed by atoms with Crippen molar-refractivity contribution in [1.82, 2.24) is 10.2 Å². The van der Waals surface area contributed by atoms with Gasteiger partial charge in [0.1, 0.15) is 6.04 Å². The van der Waals surface area contributed by atoms with Gasteiger partial charge in [-0.1, -0.05) is 40.2 Å². The predicted molar refractivity (Wildman–Crippen MR) is 140 cm³/mol. The van der Waals surface area contributed by atoms with E-state index in [4.69, 9.17) is 0 Å². The summed E-state index contributed by atoms with van der Waals surface area (Å²) in [5.41, 5.74) is 3.33. The lowest BCUT2D eigenvalue weighted by Crippen LogP contribution is -2.47. The highest BCUT2D eigenvalue weighted by molar-refractivity contribution is 9.10. The van der Waals surface area contributed by atoms with Crippen LogP contribution in [0.1, 0.15) is 43.4 Å². The van der Waals surface area contributed by atoms with Crippen LogP contribution in [0.4, 0.5) is 5.69 Å². The average Bonchev–Trinajstić information content (AvgIpc) is 2.75. The smallest absolute Gasteiger partial charge is 0.242 e. The van der Waals surface area contributed by atoms with Crippen molar-refractivity contribution < 1.29 is 18.0 Å². The Balaban J connectivity index is 2.19. The quantitative estimate of drug-likeness (QED) is 0.454. The largest absolute Gasteiger partial charge is 0.355 e. The van der Waals surface area contributed by atoms with E-state index in [1.165, 1.54) is 10.6 Å². The van der Waals surface area contributed by atoms with E-state index in [0.717, 1.165) is 21.2 Å². The first kappa shape index (κ1) is 27.9. The van der Waals surface area contributed by atoms with Gasteiger partial charge in [0, 0.05) is 30.5 Å². The van der Waals surface area contributed by atoms with Crippen LogP contribution in [0, 0.1) is 13.8 Å². The van der Waals surface area contributed by atoms with Crippen molar-refractivity contribution in [3.05, 3.63) is 63.6 Å². The molecule has 0 spiro atoms. The summed E-state index contributed by atoms with van der Waals surface area (Å²) in [5.74, 6) is -0.424. The van der Waals surface area contributed by atoms with Crippen molar-refractivity contribution in [2.24, 2.45) is 0 Å². The lowest BCUT2D eigenvalue weighted by molar-refractivity contribution is -0.140. The minimum Gasteiger partial charge on any atom is -0.355 e. The van der Waals surface area contributed by atoms with Gasteiger partial charge in [-0.15, -0.1) is 0 Å². The standard InChI is InChI=1S/C25H34BrN3O4S/c1-6-27-25(31)20(4)28(17-21-9-7-10-22(26)16-21)24(30)11-8-14-29(34(5,32)33)23-15-18(2)12-13-19(23)3/h7,9-10,12-13,15-16,20H,6,8,11,14,17H2,1-5H3,(H,27,31). The van der Waals surface area contributed by atoms with E-state index in [-0.39, 0.29) is 31.3 Å². The number of sulfonamides is 1. The number of halogens is 1. The lowest BCUT2D eigenvalue weighted by Gasteiger charge is -2.29. The highest BCUT2D eigenvalue weighted by Gasteiger charge is 2.26. The van der Waals surface area contributed by atoms with Crippen LogP contribution < -0.4 is 9.62 Å². The number of aryl methyl sites for hydroxylation is 2. The van der Waals surface area contributed by atoms with Gasteiger partial charge in [0.2, 0.25) is 21.8 Å². The van der Waals surface area contributed by atoms with Crippen LogP contribution >= 0.6 is 15.9 Å². The third-order valence-corrected chi connectivity index (χ3v) is 7.22. The molecule has 34 heavy (non-hydrogen) atoms. The molecule has 0 aromatic heterocycles. The van der Waals surface area contributed by atoms with E-state index in [2.05, 4.69) is 21.2 Å². The maximum atomic E-state index is 13.2. The SMILES string of the molecule is CCNC(=O)C(C)N(Cc1cccc(Br)c1)C(=O)CCCN(c1cc(C)ccc1C)S(C)(=O)=O. The third kappa shape index (κ3) is 7.84. The molecule has 2 aromatic rings. The molecule has 1 unspecified atom stereocenters. The molecule has 0 saturated heterocycles. The highest BCUT2D eigenvalue weighted by atomic mass is 79.9. The van der Waals surface area contributed by atoms with Crippen LogP contribution in [0.5, 0.6) is 0 Å². The molecule has 0 saturated carbocycles. The van der Waals surface area contributed by atoms with E-state index in [1.807, 2.05) is 63.2 Å². The molecule has 9 heteroatoms. The van der Waals surface area contributed by atoms with Crippen molar-refractivity contribution in [2.45, 2.75) is 53.1 Å². The molecular formula is C25H34BrN3O4S. The summed E-state index contributed by atoms with van der Waals surface area (Å²) in [5, 5.41) is 2.78. The minimum absolute atomic E-state index is 0.120. The molecule has 2 amide bonds. The molecule has 2 rings (SSSR count). The number of hydrogen-bond donors (Lipinski definition) is 1. The molecule has 0 heterocycles. The second-order valence-electron chi connectivity index (χ2n) is 8.45. The van der Waals surface area contributed by atoms with Crippen molar-refractivity contribution in [3.8, 4) is 0 Å². The van der Waals surface area contributed by atoms with Gasteiger partial charge in [0.25, 0.3) is 0 Å². The average molecular weight is 553 g/mol. The van der Waals surface area contributed by atoms with E-state index in [0.29, 0.717) is 18.7 Å². The van der Waals surface area contributed by atoms with E-state index in [1.54, 1.807) is 11.8 Å². The maximum absolute atomic E-state index is 13.2. The zero-order chi connectivity index (χ0) is 25.5. The minimum atomic E-state index is -3.53. The Morgan fingerprint density at radius 3 is 2.44 bits per heavy atom. The second-order valence-corrected chi connectivity index (χ2v) is 11.3. The zero-order valence-corrected chi connectivity index (χ0v) is 22.9. The fourth-order valence-corrected chi connectivity index (χ4v) is 5.17. The molecule has 0 aliphatic heterocycles. The van der Waals surface area contributed by atoms with E-state index in [9.17, 15) is 18.0 Å². The van der Waals surface area contributed by atoms with Gasteiger partial charge in [-0.2, -0.15) is 0 Å². The van der Waals surface area contributed by atoms with Crippen molar-refractivity contribution in [1.29, 1.82) is 0 Å². The maximum Gasteiger partial charge on any atom is 0.242 e. The fraction of sp³-hybridized carbons (Fsp3) is 0.440. The number of amides is 2. The summed E-state index contributed by atoms with van der Waals surface area (Å²) in [4.78, 5) is 27.3. The summed E-state index contributed by atoms with van der Waals surface area (Å²) in [7, 11) is -3.53. The van der Waals surface area contributed by atoms with Gasteiger partial charge in [0.05, 0.1) is 11.9 Å². The van der Waals surface area contributed by atoms with Gasteiger partial charge in [0.15, 0.2) is 0 Å². The van der Waals surface area contributed by atoms with Gasteiger partial charge in [-0.25, -0.2) is 8.42 Å². The molecule has 0 bridgehead atoms. The number of likely N-dealkylation sites (N-methyl/N-ethyl adjacent to an activating group) is 1. The number of hydrogen-bond acceptors (Lipinski definition) is 4. The summed E-state index contributed by atoms with van der Waals surface area (Å²) >= 11 is 3.44.